The highest BCUT2D eigenvalue weighted by atomic mass is 35.5. The van der Waals surface area contributed by atoms with E-state index in [1.165, 1.54) is 13.8 Å². The molecule has 6 heterocycles. The smallest absolute Gasteiger partial charge is 0.308 e. The number of aromatic nitrogens is 3. The summed E-state index contributed by atoms with van der Waals surface area (Å²) in [5, 5.41) is 11.0. The Balaban J connectivity index is 0.000000121. The third kappa shape index (κ3) is 14.7. The lowest BCUT2D eigenvalue weighted by atomic mass is 10.0. The molecule has 13 aromatic rings. The number of carbonyl (C=O) groups is 4. The second-order valence-corrected chi connectivity index (χ2v) is 25.2. The van der Waals surface area contributed by atoms with Crippen LogP contribution in [-0.4, -0.2) is 68.1 Å². The minimum Gasteiger partial charge on any atom is -0.450 e. The standard InChI is InChI=1S/2C24H17NO3.C21H21ClN2O.C15H10Cl2N2O/c1-16(26)27-24-21-13-7-15-25(21)20-12-4-5-14-22(20)28-23(24)19-11-6-9-17-8-2-3-10-18(17)19;1-16(26)27-24-20-12-7-13-25(20)21-14-18-10-5-6-11-19(18)15-22(21)28-23(24)17-8-3-2-4-9-17;1-4-14(2)24(3)21(25)19-13-15-9-5-6-10-16(15)20(23-19)17-11-7-8-12-18(17)22;16-10-3-1-9(2-4-10)15-12-7-11(17)5-6-13(12)19-14(20)8-18-15/h2*2-15H,1H3;5-14H,4H2,1-3H3;1-7H,8H2,(H,19,20). The van der Waals surface area contributed by atoms with Crippen molar-refractivity contribution in [2.45, 2.75) is 40.2 Å². The van der Waals surface area contributed by atoms with Gasteiger partial charge in [0, 0.05) is 87.6 Å². The summed E-state index contributed by atoms with van der Waals surface area (Å²) in [6, 6.07) is 81.8. The van der Waals surface area contributed by atoms with E-state index < -0.39 is 11.9 Å². The van der Waals surface area contributed by atoms with Crippen LogP contribution in [0.15, 0.2) is 272 Å². The molecule has 0 radical (unpaired) electrons. The largest absolute Gasteiger partial charge is 0.450 e. The number of hydrogen-bond donors (Lipinski definition) is 1. The van der Waals surface area contributed by atoms with Crippen molar-refractivity contribution in [2.75, 3.05) is 18.9 Å². The zero-order valence-corrected chi connectivity index (χ0v) is 57.8. The lowest BCUT2D eigenvalue weighted by Crippen LogP contribution is -2.35. The first-order chi connectivity index (χ1) is 49.1. The molecule has 1 atom stereocenters. The number of amides is 2. The van der Waals surface area contributed by atoms with E-state index in [1.54, 1.807) is 35.2 Å². The first-order valence-electron chi connectivity index (χ1n) is 32.6. The molecule has 0 aliphatic carbocycles. The zero-order chi connectivity index (χ0) is 70.3. The predicted octanol–water partition coefficient (Wildman–Crippen LogP) is 20.0. The molecule has 0 saturated heterocycles. The molecular formula is C84H65Cl3N6O8. The summed E-state index contributed by atoms with van der Waals surface area (Å²) in [4.78, 5) is 59.2. The molecular weight excluding hydrogens is 1330 g/mol. The van der Waals surface area contributed by atoms with E-state index >= 15 is 0 Å². The summed E-state index contributed by atoms with van der Waals surface area (Å²) in [7, 11) is 1.82. The number of nitrogens with one attached hydrogen (secondary N) is 1. The van der Waals surface area contributed by atoms with Gasteiger partial charge in [-0.3, -0.25) is 24.2 Å². The van der Waals surface area contributed by atoms with Gasteiger partial charge < -0.3 is 38.3 Å². The molecule has 1 N–H and O–H groups in total. The number of halogens is 3. The van der Waals surface area contributed by atoms with Crippen LogP contribution < -0.4 is 14.8 Å². The molecule has 0 saturated carbocycles. The van der Waals surface area contributed by atoms with Gasteiger partial charge in [0.15, 0.2) is 34.5 Å². The predicted molar refractivity (Wildman–Crippen MR) is 404 cm³/mol. The number of nitrogens with zero attached hydrogens (tertiary/aromatic N) is 5. The summed E-state index contributed by atoms with van der Waals surface area (Å²) in [6.07, 6.45) is 4.78. The van der Waals surface area contributed by atoms with E-state index in [0.29, 0.717) is 61.0 Å². The van der Waals surface area contributed by atoms with Gasteiger partial charge in [-0.2, -0.15) is 0 Å². The molecule has 0 spiro atoms. The van der Waals surface area contributed by atoms with Gasteiger partial charge in [0.25, 0.3) is 5.91 Å². The van der Waals surface area contributed by atoms with Gasteiger partial charge >= 0.3 is 11.9 Å². The topological polar surface area (TPSA) is 156 Å². The fourth-order valence-corrected chi connectivity index (χ4v) is 12.6. The van der Waals surface area contributed by atoms with Crippen LogP contribution in [0.1, 0.15) is 78.2 Å². The Hall–Kier alpha value is -11.8. The molecule has 500 valence electrons. The summed E-state index contributed by atoms with van der Waals surface area (Å²) >= 11 is 18.4. The Bertz CT molecular complexity index is 5440. The van der Waals surface area contributed by atoms with Crippen molar-refractivity contribution in [1.29, 1.82) is 0 Å². The van der Waals surface area contributed by atoms with Crippen molar-refractivity contribution in [3.05, 3.63) is 322 Å². The highest BCUT2D eigenvalue weighted by Gasteiger charge is 2.30. The molecule has 17 heteroatoms. The molecule has 101 heavy (non-hydrogen) atoms. The lowest BCUT2D eigenvalue weighted by Gasteiger charge is -2.24. The number of rotatable bonds is 9. The Labute approximate surface area is 598 Å². The number of esters is 2. The number of anilines is 1. The highest BCUT2D eigenvalue weighted by molar-refractivity contribution is 6.34. The fourth-order valence-electron chi connectivity index (χ4n) is 12.1. The Morgan fingerprint density at radius 3 is 1.81 bits per heavy atom. The fraction of sp³-hybridized carbons (Fsp3) is 0.0952. The Morgan fingerprint density at radius 2 is 1.11 bits per heavy atom. The molecule has 3 aromatic heterocycles. The van der Waals surface area contributed by atoms with Gasteiger partial charge in [-0.25, -0.2) is 4.98 Å². The SMILES string of the molecule is CC(=O)OC1=C(c2cccc3ccccc23)Oc2ccccc2-n2cccc21.CC(=O)OC1=C(c2ccccc2)Oc2cc3ccccc3cc2-n2cccc21.CCC(C)N(C)C(=O)c1cc2ccccc2c(-c2ccccc2Cl)n1.O=C1CN=C(c2ccc(Cl)cc2)c2cc(Cl)ccc2N1. The average molecular weight is 1390 g/mol. The quantitative estimate of drug-likeness (QED) is 0.139. The maximum absolute atomic E-state index is 12.9. The number of hydrogen-bond acceptors (Lipinski definition) is 10. The normalized spacial score (nSPS) is 12.9. The van der Waals surface area contributed by atoms with Crippen molar-refractivity contribution in [2.24, 2.45) is 4.99 Å². The number of carbonyl (C=O) groups excluding carboxylic acids is 4. The minimum absolute atomic E-state index is 0.0755. The number of ether oxygens (including phenoxy) is 4. The van der Waals surface area contributed by atoms with Crippen LogP contribution in [-0.2, 0) is 23.9 Å². The van der Waals surface area contributed by atoms with Crippen LogP contribution in [0.2, 0.25) is 15.1 Å². The molecule has 0 bridgehead atoms. The van der Waals surface area contributed by atoms with Crippen molar-refractivity contribution in [3.63, 3.8) is 0 Å². The van der Waals surface area contributed by atoms with E-state index in [9.17, 15) is 19.2 Å². The van der Waals surface area contributed by atoms with Crippen molar-refractivity contribution in [1.82, 2.24) is 19.0 Å². The highest BCUT2D eigenvalue weighted by Crippen LogP contribution is 2.43. The number of benzodiazepines with no additional fused rings is 1. The average Bonchev–Trinajstić information content (AvgIpc) is 1.67. The number of pyridine rings is 1. The maximum Gasteiger partial charge on any atom is 0.308 e. The van der Waals surface area contributed by atoms with E-state index in [2.05, 4.69) is 47.6 Å². The number of fused-ring (bicyclic) bond motifs is 10. The first kappa shape index (κ1) is 67.7. The van der Waals surface area contributed by atoms with Gasteiger partial charge in [0.1, 0.15) is 12.2 Å². The number of benzene rings is 10. The third-order valence-electron chi connectivity index (χ3n) is 17.2. The molecule has 3 aliphatic heterocycles. The van der Waals surface area contributed by atoms with Gasteiger partial charge in [0.2, 0.25) is 5.91 Å². The van der Waals surface area contributed by atoms with Gasteiger partial charge in [0.05, 0.1) is 39.9 Å². The van der Waals surface area contributed by atoms with Crippen LogP contribution in [0.25, 0.3) is 78.0 Å². The van der Waals surface area contributed by atoms with Crippen molar-refractivity contribution < 1.29 is 38.1 Å². The van der Waals surface area contributed by atoms with Crippen LogP contribution in [0.3, 0.4) is 0 Å². The van der Waals surface area contributed by atoms with E-state index in [-0.39, 0.29) is 24.4 Å². The van der Waals surface area contributed by atoms with E-state index in [0.717, 1.165) is 101 Å². The number of aliphatic imine (C=N–C) groups is 1. The molecule has 2 amide bonds. The molecule has 10 aromatic carbocycles. The Morgan fingerprint density at radius 1 is 0.535 bits per heavy atom. The monoisotopic (exact) mass is 1390 g/mol. The van der Waals surface area contributed by atoms with Gasteiger partial charge in [-0.05, 0) is 131 Å². The third-order valence-corrected chi connectivity index (χ3v) is 18.1. The van der Waals surface area contributed by atoms with Crippen LogP contribution in [0.5, 0.6) is 11.5 Å². The second kappa shape index (κ2) is 30.1. The molecule has 16 rings (SSSR count). The summed E-state index contributed by atoms with van der Waals surface area (Å²) in [6.45, 7) is 6.99. The maximum atomic E-state index is 12.9. The van der Waals surface area contributed by atoms with Gasteiger partial charge in [-0.15, -0.1) is 0 Å². The lowest BCUT2D eigenvalue weighted by molar-refractivity contribution is -0.135. The van der Waals surface area contributed by atoms with Gasteiger partial charge in [-0.1, -0.05) is 206 Å². The Kier molecular flexibility index (Phi) is 20.2. The zero-order valence-electron chi connectivity index (χ0n) is 55.5. The minimum atomic E-state index is -0.393. The first-order valence-corrected chi connectivity index (χ1v) is 33.8. The molecule has 3 aliphatic rings. The summed E-state index contributed by atoms with van der Waals surface area (Å²) in [5.41, 5.74) is 10.2. The summed E-state index contributed by atoms with van der Waals surface area (Å²) in [5.74, 6) is 2.26. The molecule has 14 nitrogen and oxygen atoms in total. The van der Waals surface area contributed by atoms with Crippen molar-refractivity contribution >= 4 is 125 Å². The van der Waals surface area contributed by atoms with Crippen LogP contribution >= 0.6 is 34.8 Å². The van der Waals surface area contributed by atoms with E-state index in [1.807, 2.05) is 230 Å². The molecule has 1 unspecified atom stereocenters. The van der Waals surface area contributed by atoms with E-state index in [4.69, 9.17) is 58.7 Å². The second-order valence-electron chi connectivity index (χ2n) is 23.9. The van der Waals surface area contributed by atoms with Crippen LogP contribution in [0.4, 0.5) is 5.69 Å². The number of para-hydroxylation sites is 2. The van der Waals surface area contributed by atoms with Crippen molar-refractivity contribution in [3.8, 4) is 34.1 Å². The van der Waals surface area contributed by atoms with Crippen LogP contribution in [0, 0.1) is 0 Å². The molecule has 0 fully saturated rings. The summed E-state index contributed by atoms with van der Waals surface area (Å²) < 4.78 is 28.1.